The fourth-order valence-corrected chi connectivity index (χ4v) is 2.36. The molecule has 0 bridgehead atoms. The molecular formula is C17H21N3S. The van der Waals surface area contributed by atoms with Crippen molar-refractivity contribution in [3.63, 3.8) is 0 Å². The summed E-state index contributed by atoms with van der Waals surface area (Å²) in [5.41, 5.74) is 2.33. The number of pyridine rings is 1. The number of benzene rings is 1. The molecular weight excluding hydrogens is 278 g/mol. The Kier molecular flexibility index (Phi) is 6.16. The van der Waals surface area contributed by atoms with Gasteiger partial charge in [-0.15, -0.1) is 0 Å². The fourth-order valence-electron chi connectivity index (χ4n) is 2.16. The average molecular weight is 299 g/mol. The second-order valence-corrected chi connectivity index (χ2v) is 5.44. The summed E-state index contributed by atoms with van der Waals surface area (Å²) >= 11 is 5.32. The minimum Gasteiger partial charge on any atom is -0.362 e. The van der Waals surface area contributed by atoms with Gasteiger partial charge in [0.05, 0.1) is 0 Å². The van der Waals surface area contributed by atoms with Crippen LogP contribution in [0, 0.1) is 5.92 Å². The number of nitrogens with one attached hydrogen (secondary N) is 2. The van der Waals surface area contributed by atoms with Gasteiger partial charge in [-0.2, -0.15) is 0 Å². The maximum absolute atomic E-state index is 5.32. The van der Waals surface area contributed by atoms with Gasteiger partial charge in [0.2, 0.25) is 0 Å². The summed E-state index contributed by atoms with van der Waals surface area (Å²) in [6.07, 6.45) is 5.69. The molecule has 0 unspecified atom stereocenters. The summed E-state index contributed by atoms with van der Waals surface area (Å²) in [4.78, 5) is 3.98. The molecule has 110 valence electrons. The molecule has 2 N–H and O–H groups in total. The molecule has 1 aromatic carbocycles. The van der Waals surface area contributed by atoms with Gasteiger partial charge in [0.1, 0.15) is 0 Å². The van der Waals surface area contributed by atoms with Gasteiger partial charge >= 0.3 is 0 Å². The van der Waals surface area contributed by atoms with Crippen molar-refractivity contribution in [2.75, 3.05) is 11.9 Å². The summed E-state index contributed by atoms with van der Waals surface area (Å²) in [6, 6.07) is 14.4. The van der Waals surface area contributed by atoms with Crippen molar-refractivity contribution in [3.05, 3.63) is 60.4 Å². The molecule has 0 radical (unpaired) electrons. The third-order valence-electron chi connectivity index (χ3n) is 3.43. The summed E-state index contributed by atoms with van der Waals surface area (Å²) < 4.78 is 0. The largest absolute Gasteiger partial charge is 0.362 e. The molecule has 2 aromatic rings. The van der Waals surface area contributed by atoms with Gasteiger partial charge in [-0.1, -0.05) is 43.7 Å². The van der Waals surface area contributed by atoms with Gasteiger partial charge in [0.25, 0.3) is 0 Å². The van der Waals surface area contributed by atoms with Crippen LogP contribution in [0.4, 0.5) is 5.69 Å². The summed E-state index contributed by atoms with van der Waals surface area (Å²) in [5, 5.41) is 7.13. The highest BCUT2D eigenvalue weighted by Gasteiger charge is 2.08. The molecule has 4 heteroatoms. The van der Waals surface area contributed by atoms with Crippen LogP contribution < -0.4 is 10.6 Å². The minimum atomic E-state index is 0.574. The molecule has 0 amide bonds. The van der Waals surface area contributed by atoms with Crippen LogP contribution in [0.3, 0.4) is 0 Å². The zero-order valence-electron chi connectivity index (χ0n) is 12.3. The highest BCUT2D eigenvalue weighted by atomic mass is 32.1. The molecule has 0 saturated carbocycles. The van der Waals surface area contributed by atoms with Crippen LogP contribution >= 0.6 is 12.2 Å². The summed E-state index contributed by atoms with van der Waals surface area (Å²) in [6.45, 7) is 3.09. The van der Waals surface area contributed by atoms with Crippen LogP contribution in [0.25, 0.3) is 0 Å². The maximum Gasteiger partial charge on any atom is 0.170 e. The predicted molar refractivity (Wildman–Crippen MR) is 92.4 cm³/mol. The summed E-state index contributed by atoms with van der Waals surface area (Å²) in [7, 11) is 0. The monoisotopic (exact) mass is 299 g/mol. The number of rotatable bonds is 6. The molecule has 3 nitrogen and oxygen atoms in total. The molecule has 0 spiro atoms. The Bertz CT molecular complexity index is 542. The standard InChI is InChI=1S/C17H21N3S/c1-2-14(12-15-6-4-3-5-7-15)13-19-17(21)20-16-8-10-18-11-9-16/h3-11,14H,2,12-13H2,1H3,(H2,18,19,20,21)/t14-/m0/s1. The molecule has 0 saturated heterocycles. The third-order valence-corrected chi connectivity index (χ3v) is 3.68. The van der Waals surface area contributed by atoms with Crippen molar-refractivity contribution in [2.24, 2.45) is 5.92 Å². The van der Waals surface area contributed by atoms with Crippen molar-refractivity contribution in [1.29, 1.82) is 0 Å². The predicted octanol–water partition coefficient (Wildman–Crippen LogP) is 3.64. The van der Waals surface area contributed by atoms with E-state index in [2.05, 4.69) is 52.9 Å². The lowest BCUT2D eigenvalue weighted by molar-refractivity contribution is 0.498. The van der Waals surface area contributed by atoms with E-state index in [1.807, 2.05) is 12.1 Å². The number of thiocarbonyl (C=S) groups is 1. The molecule has 0 aliphatic carbocycles. The minimum absolute atomic E-state index is 0.574. The SMILES string of the molecule is CC[C@H](CNC(=S)Nc1ccncc1)Cc1ccccc1. The van der Waals surface area contributed by atoms with E-state index < -0.39 is 0 Å². The van der Waals surface area contributed by atoms with Crippen molar-refractivity contribution < 1.29 is 0 Å². The first-order valence-corrected chi connectivity index (χ1v) is 7.67. The van der Waals surface area contributed by atoms with E-state index in [1.54, 1.807) is 12.4 Å². The average Bonchev–Trinajstić information content (AvgIpc) is 2.53. The molecule has 1 heterocycles. The molecule has 1 aromatic heterocycles. The van der Waals surface area contributed by atoms with Crippen LogP contribution in [-0.2, 0) is 6.42 Å². The highest BCUT2D eigenvalue weighted by molar-refractivity contribution is 7.80. The van der Waals surface area contributed by atoms with Crippen molar-refractivity contribution >= 4 is 23.0 Å². The van der Waals surface area contributed by atoms with Crippen molar-refractivity contribution in [2.45, 2.75) is 19.8 Å². The van der Waals surface area contributed by atoms with Crippen LogP contribution in [0.5, 0.6) is 0 Å². The van der Waals surface area contributed by atoms with E-state index in [0.717, 1.165) is 25.1 Å². The quantitative estimate of drug-likeness (QED) is 0.799. The van der Waals surface area contributed by atoms with E-state index in [-0.39, 0.29) is 0 Å². The molecule has 21 heavy (non-hydrogen) atoms. The van der Waals surface area contributed by atoms with E-state index in [9.17, 15) is 0 Å². The van der Waals surface area contributed by atoms with E-state index in [0.29, 0.717) is 11.0 Å². The number of hydrogen-bond acceptors (Lipinski definition) is 2. The van der Waals surface area contributed by atoms with Gasteiger partial charge in [-0.05, 0) is 42.3 Å². The molecule has 1 atom stereocenters. The number of aromatic nitrogens is 1. The van der Waals surface area contributed by atoms with Gasteiger partial charge in [-0.25, -0.2) is 0 Å². The number of anilines is 1. The van der Waals surface area contributed by atoms with Crippen LogP contribution in [0.15, 0.2) is 54.9 Å². The van der Waals surface area contributed by atoms with Gasteiger partial charge in [0, 0.05) is 24.6 Å². The lowest BCUT2D eigenvalue weighted by Crippen LogP contribution is -2.33. The normalized spacial score (nSPS) is 11.7. The van der Waals surface area contributed by atoms with Crippen LogP contribution in [0.1, 0.15) is 18.9 Å². The Balaban J connectivity index is 1.79. The Labute approximate surface area is 131 Å². The lowest BCUT2D eigenvalue weighted by atomic mass is 9.97. The first-order valence-electron chi connectivity index (χ1n) is 7.26. The lowest BCUT2D eigenvalue weighted by Gasteiger charge is -2.17. The van der Waals surface area contributed by atoms with E-state index in [4.69, 9.17) is 12.2 Å². The Morgan fingerprint density at radius 3 is 2.52 bits per heavy atom. The maximum atomic E-state index is 5.32. The van der Waals surface area contributed by atoms with Gasteiger partial charge < -0.3 is 10.6 Å². The zero-order valence-corrected chi connectivity index (χ0v) is 13.1. The highest BCUT2D eigenvalue weighted by Crippen LogP contribution is 2.11. The molecule has 0 aliphatic heterocycles. The van der Waals surface area contributed by atoms with E-state index in [1.165, 1.54) is 5.56 Å². The van der Waals surface area contributed by atoms with E-state index >= 15 is 0 Å². The second kappa shape index (κ2) is 8.37. The Morgan fingerprint density at radius 1 is 1.14 bits per heavy atom. The number of hydrogen-bond donors (Lipinski definition) is 2. The fraction of sp³-hybridized carbons (Fsp3) is 0.294. The molecule has 2 rings (SSSR count). The first-order chi connectivity index (χ1) is 10.3. The third kappa shape index (κ3) is 5.52. The van der Waals surface area contributed by atoms with Crippen molar-refractivity contribution in [1.82, 2.24) is 10.3 Å². The van der Waals surface area contributed by atoms with Gasteiger partial charge in [0.15, 0.2) is 5.11 Å². The molecule has 0 aliphatic rings. The second-order valence-electron chi connectivity index (χ2n) is 5.03. The Hall–Kier alpha value is -1.94. The number of nitrogens with zero attached hydrogens (tertiary/aromatic N) is 1. The first kappa shape index (κ1) is 15.4. The van der Waals surface area contributed by atoms with Gasteiger partial charge in [-0.3, -0.25) is 4.98 Å². The zero-order chi connectivity index (χ0) is 14.9. The summed E-state index contributed by atoms with van der Waals surface area (Å²) in [5.74, 6) is 0.574. The van der Waals surface area contributed by atoms with Crippen LogP contribution in [-0.4, -0.2) is 16.6 Å². The Morgan fingerprint density at radius 2 is 1.86 bits per heavy atom. The topological polar surface area (TPSA) is 37.0 Å². The van der Waals surface area contributed by atoms with Crippen molar-refractivity contribution in [3.8, 4) is 0 Å². The smallest absolute Gasteiger partial charge is 0.170 e. The molecule has 0 fully saturated rings. The van der Waals surface area contributed by atoms with Crippen LogP contribution in [0.2, 0.25) is 0 Å².